The molecule has 4 rings (SSSR count). The van der Waals surface area contributed by atoms with E-state index in [0.29, 0.717) is 31.9 Å². The van der Waals surface area contributed by atoms with Crippen LogP contribution in [0.15, 0.2) is 54.4 Å². The van der Waals surface area contributed by atoms with Crippen LogP contribution >= 0.6 is 0 Å². The zero-order valence-electron chi connectivity index (χ0n) is 13.2. The SMILES string of the molecule is O=C(C1=Cc2ccccc2OC1)N1CCO[C@@H](c2ccncc2)C1. The van der Waals surface area contributed by atoms with Gasteiger partial charge in [-0.1, -0.05) is 18.2 Å². The molecule has 3 heterocycles. The molecule has 24 heavy (non-hydrogen) atoms. The number of morpholine rings is 1. The molecule has 0 N–H and O–H groups in total. The smallest absolute Gasteiger partial charge is 0.253 e. The Kier molecular flexibility index (Phi) is 4.01. The van der Waals surface area contributed by atoms with Crippen molar-refractivity contribution < 1.29 is 14.3 Å². The van der Waals surface area contributed by atoms with Crippen molar-refractivity contribution in [2.75, 3.05) is 26.3 Å². The predicted molar refractivity (Wildman–Crippen MR) is 89.4 cm³/mol. The van der Waals surface area contributed by atoms with Crippen LogP contribution in [0.5, 0.6) is 5.75 Å². The third kappa shape index (κ3) is 2.90. The molecule has 0 bridgehead atoms. The highest BCUT2D eigenvalue weighted by molar-refractivity contribution is 5.99. The Hall–Kier alpha value is -2.66. The summed E-state index contributed by atoms with van der Waals surface area (Å²) in [6.45, 7) is 1.98. The van der Waals surface area contributed by atoms with Crippen LogP contribution in [0.25, 0.3) is 6.08 Å². The lowest BCUT2D eigenvalue weighted by Gasteiger charge is -2.34. The fourth-order valence-corrected chi connectivity index (χ4v) is 3.06. The summed E-state index contributed by atoms with van der Waals surface area (Å²) in [6, 6.07) is 11.6. The van der Waals surface area contributed by atoms with E-state index in [-0.39, 0.29) is 12.0 Å². The molecule has 1 atom stereocenters. The summed E-state index contributed by atoms with van der Waals surface area (Å²) in [5.41, 5.74) is 2.68. The average Bonchev–Trinajstić information content (AvgIpc) is 2.68. The third-order valence-electron chi connectivity index (χ3n) is 4.34. The average molecular weight is 322 g/mol. The van der Waals surface area contributed by atoms with E-state index in [1.165, 1.54) is 0 Å². The maximum atomic E-state index is 12.8. The van der Waals surface area contributed by atoms with Gasteiger partial charge >= 0.3 is 0 Å². The fraction of sp³-hybridized carbons (Fsp3) is 0.263. The maximum Gasteiger partial charge on any atom is 0.253 e. The normalized spacial score (nSPS) is 19.9. The first-order valence-corrected chi connectivity index (χ1v) is 8.04. The standard InChI is InChI=1S/C19H18N2O3/c22-19(16-11-15-3-1-2-4-17(15)24-13-16)21-9-10-23-18(12-21)14-5-7-20-8-6-14/h1-8,11,18H,9-10,12-13H2/t18-/m1/s1. The molecule has 1 fully saturated rings. The zero-order valence-corrected chi connectivity index (χ0v) is 13.2. The second kappa shape index (κ2) is 6.45. The van der Waals surface area contributed by atoms with Crippen LogP contribution in [-0.4, -0.2) is 42.1 Å². The summed E-state index contributed by atoms with van der Waals surface area (Å²) in [5, 5.41) is 0. The number of nitrogens with zero attached hydrogens (tertiary/aromatic N) is 2. The van der Waals surface area contributed by atoms with Gasteiger partial charge in [0.1, 0.15) is 18.5 Å². The molecule has 1 aromatic heterocycles. The molecular formula is C19H18N2O3. The Morgan fingerprint density at radius 1 is 1.17 bits per heavy atom. The van der Waals surface area contributed by atoms with Crippen LogP contribution < -0.4 is 4.74 Å². The summed E-state index contributed by atoms with van der Waals surface area (Å²) in [4.78, 5) is 18.7. The lowest BCUT2D eigenvalue weighted by molar-refractivity contribution is -0.135. The molecule has 0 unspecified atom stereocenters. The van der Waals surface area contributed by atoms with Gasteiger partial charge in [0, 0.05) is 24.5 Å². The third-order valence-corrected chi connectivity index (χ3v) is 4.34. The molecule has 0 aliphatic carbocycles. The fourth-order valence-electron chi connectivity index (χ4n) is 3.06. The van der Waals surface area contributed by atoms with Gasteiger partial charge in [0.25, 0.3) is 5.91 Å². The van der Waals surface area contributed by atoms with Gasteiger partial charge in [-0.2, -0.15) is 0 Å². The molecule has 0 radical (unpaired) electrons. The first-order valence-electron chi connectivity index (χ1n) is 8.04. The van der Waals surface area contributed by atoms with Crippen molar-refractivity contribution >= 4 is 12.0 Å². The Morgan fingerprint density at radius 2 is 2.00 bits per heavy atom. The van der Waals surface area contributed by atoms with E-state index >= 15 is 0 Å². The number of ether oxygens (including phenoxy) is 2. The monoisotopic (exact) mass is 322 g/mol. The molecule has 122 valence electrons. The van der Waals surface area contributed by atoms with Gasteiger partial charge in [0.2, 0.25) is 0 Å². The summed E-state index contributed by atoms with van der Waals surface area (Å²) >= 11 is 0. The topological polar surface area (TPSA) is 51.7 Å². The molecule has 2 aromatic rings. The summed E-state index contributed by atoms with van der Waals surface area (Å²) < 4.78 is 11.5. The van der Waals surface area contributed by atoms with E-state index in [0.717, 1.165) is 16.9 Å². The maximum absolute atomic E-state index is 12.8. The molecule has 5 heteroatoms. The van der Waals surface area contributed by atoms with Crippen molar-refractivity contribution in [1.29, 1.82) is 0 Å². The Labute approximate surface area is 140 Å². The van der Waals surface area contributed by atoms with Gasteiger partial charge < -0.3 is 14.4 Å². The van der Waals surface area contributed by atoms with E-state index in [1.54, 1.807) is 12.4 Å². The molecular weight excluding hydrogens is 304 g/mol. The van der Waals surface area contributed by atoms with Crippen LogP contribution in [0, 0.1) is 0 Å². The number of pyridine rings is 1. The van der Waals surface area contributed by atoms with Gasteiger partial charge in [-0.3, -0.25) is 9.78 Å². The lowest BCUT2D eigenvalue weighted by Crippen LogP contribution is -2.43. The van der Waals surface area contributed by atoms with Crippen molar-refractivity contribution in [2.24, 2.45) is 0 Å². The molecule has 5 nitrogen and oxygen atoms in total. The van der Waals surface area contributed by atoms with Crippen LogP contribution in [0.2, 0.25) is 0 Å². The minimum Gasteiger partial charge on any atom is -0.488 e. The largest absolute Gasteiger partial charge is 0.488 e. The second-order valence-electron chi connectivity index (χ2n) is 5.89. The highest BCUT2D eigenvalue weighted by Crippen LogP contribution is 2.28. The highest BCUT2D eigenvalue weighted by Gasteiger charge is 2.28. The van der Waals surface area contributed by atoms with Gasteiger partial charge in [0.15, 0.2) is 0 Å². The number of fused-ring (bicyclic) bond motifs is 1. The van der Waals surface area contributed by atoms with E-state index in [1.807, 2.05) is 47.4 Å². The first-order chi connectivity index (χ1) is 11.8. The molecule has 1 aromatic carbocycles. The van der Waals surface area contributed by atoms with Crippen molar-refractivity contribution in [3.8, 4) is 5.75 Å². The number of carbonyl (C=O) groups is 1. The van der Waals surface area contributed by atoms with E-state index < -0.39 is 0 Å². The Morgan fingerprint density at radius 3 is 2.88 bits per heavy atom. The number of benzene rings is 1. The number of para-hydroxylation sites is 1. The zero-order chi connectivity index (χ0) is 16.4. The van der Waals surface area contributed by atoms with E-state index in [4.69, 9.17) is 9.47 Å². The van der Waals surface area contributed by atoms with Crippen LogP contribution in [-0.2, 0) is 9.53 Å². The van der Waals surface area contributed by atoms with Crippen molar-refractivity contribution in [2.45, 2.75) is 6.10 Å². The number of carbonyl (C=O) groups excluding carboxylic acids is 1. The molecule has 1 saturated heterocycles. The second-order valence-corrected chi connectivity index (χ2v) is 5.89. The van der Waals surface area contributed by atoms with Gasteiger partial charge in [0.05, 0.1) is 18.7 Å². The van der Waals surface area contributed by atoms with Crippen molar-refractivity contribution in [3.05, 3.63) is 65.5 Å². The quantitative estimate of drug-likeness (QED) is 0.852. The molecule has 2 aliphatic rings. The summed E-state index contributed by atoms with van der Waals surface area (Å²) in [6.07, 6.45) is 5.31. The molecule has 1 amide bonds. The van der Waals surface area contributed by atoms with Gasteiger partial charge in [-0.15, -0.1) is 0 Å². The summed E-state index contributed by atoms with van der Waals surface area (Å²) in [7, 11) is 0. The van der Waals surface area contributed by atoms with E-state index in [9.17, 15) is 4.79 Å². The molecule has 2 aliphatic heterocycles. The first kappa shape index (κ1) is 14.9. The Bertz CT molecular complexity index is 773. The highest BCUT2D eigenvalue weighted by atomic mass is 16.5. The van der Waals surface area contributed by atoms with Gasteiger partial charge in [-0.05, 0) is 29.8 Å². The lowest BCUT2D eigenvalue weighted by atomic mass is 10.1. The van der Waals surface area contributed by atoms with Gasteiger partial charge in [-0.25, -0.2) is 0 Å². The number of aromatic nitrogens is 1. The van der Waals surface area contributed by atoms with Crippen LogP contribution in [0.1, 0.15) is 17.2 Å². The van der Waals surface area contributed by atoms with Crippen LogP contribution in [0.3, 0.4) is 0 Å². The van der Waals surface area contributed by atoms with Crippen molar-refractivity contribution in [1.82, 2.24) is 9.88 Å². The minimum absolute atomic E-state index is 0.0202. The molecule has 0 saturated carbocycles. The summed E-state index contributed by atoms with van der Waals surface area (Å²) in [5.74, 6) is 0.845. The van der Waals surface area contributed by atoms with E-state index in [2.05, 4.69) is 4.98 Å². The van der Waals surface area contributed by atoms with Crippen molar-refractivity contribution in [3.63, 3.8) is 0 Å². The van der Waals surface area contributed by atoms with Crippen LogP contribution in [0.4, 0.5) is 0 Å². The predicted octanol–water partition coefficient (Wildman–Crippen LogP) is 2.46. The number of rotatable bonds is 2. The molecule has 0 spiro atoms. The minimum atomic E-state index is -0.108. The number of hydrogen-bond donors (Lipinski definition) is 0. The number of hydrogen-bond acceptors (Lipinski definition) is 4. The Balaban J connectivity index is 1.52. The number of amides is 1.